The van der Waals surface area contributed by atoms with Crippen LogP contribution in [0.25, 0.3) is 0 Å². The van der Waals surface area contributed by atoms with Gasteiger partial charge in [0.05, 0.1) is 16.7 Å². The fourth-order valence-electron chi connectivity index (χ4n) is 3.43. The van der Waals surface area contributed by atoms with E-state index < -0.39 is 0 Å². The molecule has 1 amide bonds. The molecule has 4 rings (SSSR count). The molecule has 9 heteroatoms. The van der Waals surface area contributed by atoms with Crippen LogP contribution >= 0.6 is 22.7 Å². The smallest absolute Gasteiger partial charge is 0.276 e. The van der Waals surface area contributed by atoms with Crippen LogP contribution in [0, 0.1) is 20.8 Å². The van der Waals surface area contributed by atoms with E-state index >= 15 is 0 Å². The number of amides is 1. The molecule has 0 radical (unpaired) electrons. The fourth-order valence-corrected chi connectivity index (χ4v) is 4.69. The minimum atomic E-state index is -0.249. The average Bonchev–Trinajstić information content (AvgIpc) is 3.37. The van der Waals surface area contributed by atoms with Crippen molar-refractivity contribution in [1.82, 2.24) is 24.8 Å². The SMILES string of the molecule is Cc1cc(C(=O)Nc2ncc(C)s2)nc(C2CCCN2Cc2csc(C)n2)n1. The number of aromatic nitrogens is 4. The maximum atomic E-state index is 12.7. The summed E-state index contributed by atoms with van der Waals surface area (Å²) in [7, 11) is 0. The molecule has 1 aliphatic rings. The van der Waals surface area contributed by atoms with Gasteiger partial charge in [0.1, 0.15) is 11.5 Å². The zero-order valence-electron chi connectivity index (χ0n) is 16.1. The van der Waals surface area contributed by atoms with Gasteiger partial charge in [0.15, 0.2) is 5.13 Å². The average molecular weight is 415 g/mol. The zero-order chi connectivity index (χ0) is 19.7. The Labute approximate surface area is 171 Å². The molecule has 0 saturated carbocycles. The van der Waals surface area contributed by atoms with Gasteiger partial charge in [-0.25, -0.2) is 19.9 Å². The number of hydrogen-bond donors (Lipinski definition) is 1. The quantitative estimate of drug-likeness (QED) is 0.682. The monoisotopic (exact) mass is 414 g/mol. The molecular formula is C19H22N6OS2. The second kappa shape index (κ2) is 8.02. The van der Waals surface area contributed by atoms with Crippen LogP contribution in [0.5, 0.6) is 0 Å². The van der Waals surface area contributed by atoms with Crippen LogP contribution in [0.2, 0.25) is 0 Å². The van der Waals surface area contributed by atoms with E-state index in [9.17, 15) is 4.79 Å². The maximum Gasteiger partial charge on any atom is 0.276 e. The third-order valence-electron chi connectivity index (χ3n) is 4.64. The van der Waals surface area contributed by atoms with Crippen LogP contribution in [0.3, 0.4) is 0 Å². The van der Waals surface area contributed by atoms with Crippen LogP contribution in [-0.2, 0) is 6.54 Å². The van der Waals surface area contributed by atoms with Crippen molar-refractivity contribution in [2.45, 2.75) is 46.2 Å². The Morgan fingerprint density at radius 3 is 2.86 bits per heavy atom. The number of carbonyl (C=O) groups excluding carboxylic acids is 1. The molecule has 3 aromatic rings. The molecule has 1 aliphatic heterocycles. The lowest BCUT2D eigenvalue weighted by Crippen LogP contribution is -2.26. The van der Waals surface area contributed by atoms with E-state index in [0.29, 0.717) is 16.6 Å². The van der Waals surface area contributed by atoms with Gasteiger partial charge in [-0.15, -0.1) is 22.7 Å². The van der Waals surface area contributed by atoms with E-state index in [0.717, 1.165) is 47.2 Å². The minimum absolute atomic E-state index is 0.107. The van der Waals surface area contributed by atoms with Gasteiger partial charge in [-0.2, -0.15) is 0 Å². The van der Waals surface area contributed by atoms with E-state index in [2.05, 4.69) is 35.5 Å². The lowest BCUT2D eigenvalue weighted by Gasteiger charge is -2.23. The summed E-state index contributed by atoms with van der Waals surface area (Å²) in [5, 5.41) is 6.60. The molecule has 1 unspecified atom stereocenters. The molecule has 0 bridgehead atoms. The molecule has 0 aliphatic carbocycles. The summed E-state index contributed by atoms with van der Waals surface area (Å²) < 4.78 is 0. The Bertz CT molecular complexity index is 998. The summed E-state index contributed by atoms with van der Waals surface area (Å²) >= 11 is 3.12. The van der Waals surface area contributed by atoms with Crippen LogP contribution in [0.4, 0.5) is 5.13 Å². The van der Waals surface area contributed by atoms with E-state index in [1.807, 2.05) is 20.8 Å². The highest BCUT2D eigenvalue weighted by molar-refractivity contribution is 7.15. The summed E-state index contributed by atoms with van der Waals surface area (Å²) in [5.41, 5.74) is 2.26. The molecule has 7 nitrogen and oxygen atoms in total. The molecule has 4 heterocycles. The number of aryl methyl sites for hydroxylation is 3. The Hall–Kier alpha value is -2.23. The number of nitrogens with one attached hydrogen (secondary N) is 1. The number of rotatable bonds is 5. The molecule has 0 spiro atoms. The van der Waals surface area contributed by atoms with Crippen LogP contribution in [0.15, 0.2) is 17.6 Å². The van der Waals surface area contributed by atoms with Gasteiger partial charge in [-0.05, 0) is 46.2 Å². The van der Waals surface area contributed by atoms with Gasteiger partial charge < -0.3 is 0 Å². The first-order chi connectivity index (χ1) is 13.5. The van der Waals surface area contributed by atoms with Crippen molar-refractivity contribution in [3.63, 3.8) is 0 Å². The Morgan fingerprint density at radius 1 is 1.29 bits per heavy atom. The second-order valence-corrected chi connectivity index (χ2v) is 9.27. The van der Waals surface area contributed by atoms with Crippen molar-refractivity contribution < 1.29 is 4.79 Å². The number of anilines is 1. The highest BCUT2D eigenvalue weighted by atomic mass is 32.1. The summed E-state index contributed by atoms with van der Waals surface area (Å²) in [4.78, 5) is 34.1. The maximum absolute atomic E-state index is 12.7. The number of hydrogen-bond acceptors (Lipinski definition) is 8. The molecule has 0 aromatic carbocycles. The number of thiazole rings is 2. The highest BCUT2D eigenvalue weighted by Crippen LogP contribution is 2.31. The van der Waals surface area contributed by atoms with Gasteiger partial charge >= 0.3 is 0 Å². The van der Waals surface area contributed by atoms with Gasteiger partial charge in [0, 0.05) is 28.7 Å². The minimum Gasteiger partial charge on any atom is -0.296 e. The third kappa shape index (κ3) is 4.26. The Kier molecular flexibility index (Phi) is 5.47. The van der Waals surface area contributed by atoms with E-state index in [-0.39, 0.29) is 11.9 Å². The largest absolute Gasteiger partial charge is 0.296 e. The van der Waals surface area contributed by atoms with Gasteiger partial charge in [-0.1, -0.05) is 0 Å². The zero-order valence-corrected chi connectivity index (χ0v) is 17.7. The molecule has 1 atom stereocenters. The lowest BCUT2D eigenvalue weighted by atomic mass is 10.2. The third-order valence-corrected chi connectivity index (χ3v) is 6.29. The molecule has 1 N–H and O–H groups in total. The summed E-state index contributed by atoms with van der Waals surface area (Å²) in [6.07, 6.45) is 3.82. The topological polar surface area (TPSA) is 83.9 Å². The van der Waals surface area contributed by atoms with Crippen molar-refractivity contribution in [2.75, 3.05) is 11.9 Å². The van der Waals surface area contributed by atoms with Crippen LogP contribution in [-0.4, -0.2) is 37.3 Å². The predicted molar refractivity (Wildman–Crippen MR) is 111 cm³/mol. The molecule has 1 fully saturated rings. The van der Waals surface area contributed by atoms with Crippen molar-refractivity contribution in [3.05, 3.63) is 50.4 Å². The number of likely N-dealkylation sites (tertiary alicyclic amines) is 1. The van der Waals surface area contributed by atoms with Crippen molar-refractivity contribution in [2.24, 2.45) is 0 Å². The number of carbonyl (C=O) groups is 1. The van der Waals surface area contributed by atoms with Crippen molar-refractivity contribution in [3.8, 4) is 0 Å². The predicted octanol–water partition coefficient (Wildman–Crippen LogP) is 3.90. The first-order valence-corrected chi connectivity index (χ1v) is 10.9. The molecule has 146 valence electrons. The molecular weight excluding hydrogens is 392 g/mol. The normalized spacial score (nSPS) is 17.2. The van der Waals surface area contributed by atoms with Crippen LogP contribution in [0.1, 0.15) is 56.5 Å². The van der Waals surface area contributed by atoms with Gasteiger partial charge in [0.25, 0.3) is 5.91 Å². The van der Waals surface area contributed by atoms with Gasteiger partial charge in [0.2, 0.25) is 0 Å². The Morgan fingerprint density at radius 2 is 2.14 bits per heavy atom. The van der Waals surface area contributed by atoms with Gasteiger partial charge in [-0.3, -0.25) is 15.0 Å². The van der Waals surface area contributed by atoms with Crippen molar-refractivity contribution in [1.29, 1.82) is 0 Å². The van der Waals surface area contributed by atoms with E-state index in [1.165, 1.54) is 11.3 Å². The number of nitrogens with zero attached hydrogens (tertiary/aromatic N) is 5. The summed E-state index contributed by atoms with van der Waals surface area (Å²) in [5.74, 6) is 0.464. The van der Waals surface area contributed by atoms with E-state index in [1.54, 1.807) is 23.6 Å². The molecule has 28 heavy (non-hydrogen) atoms. The molecule has 1 saturated heterocycles. The fraction of sp³-hybridized carbons (Fsp3) is 0.421. The lowest BCUT2D eigenvalue weighted by molar-refractivity contribution is 0.102. The highest BCUT2D eigenvalue weighted by Gasteiger charge is 2.29. The van der Waals surface area contributed by atoms with Crippen LogP contribution < -0.4 is 5.32 Å². The molecule has 3 aromatic heterocycles. The first-order valence-electron chi connectivity index (χ1n) is 9.22. The first kappa shape index (κ1) is 19.1. The van der Waals surface area contributed by atoms with Crippen molar-refractivity contribution >= 4 is 33.7 Å². The summed E-state index contributed by atoms with van der Waals surface area (Å²) in [6, 6.07) is 1.83. The summed E-state index contributed by atoms with van der Waals surface area (Å²) in [6.45, 7) is 7.65. The Balaban J connectivity index is 1.54. The standard InChI is InChI=1S/C19H22N6OS2/c1-11-7-15(18(26)24-19-20-8-12(2)28-19)23-17(21-11)16-5-4-6-25(16)9-14-10-27-13(3)22-14/h7-8,10,16H,4-6,9H2,1-3H3,(H,20,24,26). The second-order valence-electron chi connectivity index (χ2n) is 6.97. The van der Waals surface area contributed by atoms with E-state index in [4.69, 9.17) is 0 Å².